The highest BCUT2D eigenvalue weighted by Crippen LogP contribution is 2.36. The molecule has 0 spiro atoms. The summed E-state index contributed by atoms with van der Waals surface area (Å²) < 4.78 is 16.4. The van der Waals surface area contributed by atoms with Crippen LogP contribution in [-0.4, -0.2) is 49.5 Å². The van der Waals surface area contributed by atoms with Gasteiger partial charge in [-0.05, 0) is 48.9 Å². The van der Waals surface area contributed by atoms with Crippen molar-refractivity contribution in [2.24, 2.45) is 0 Å². The SMILES string of the molecule is COc1ccc(C(=O)CN2C(=O)N[C@](C)(c3ccc4c(c3)OCCCO4)C2=O)cc1. The van der Waals surface area contributed by atoms with Crippen molar-refractivity contribution in [2.45, 2.75) is 18.9 Å². The molecule has 2 aromatic rings. The number of benzene rings is 2. The molecule has 2 heterocycles. The zero-order valence-electron chi connectivity index (χ0n) is 16.8. The Kier molecular flexibility index (Phi) is 5.07. The Morgan fingerprint density at radius 3 is 2.50 bits per heavy atom. The summed E-state index contributed by atoms with van der Waals surface area (Å²) in [7, 11) is 1.53. The molecule has 1 fully saturated rings. The Bertz CT molecular complexity index is 1000. The molecule has 8 nitrogen and oxygen atoms in total. The quantitative estimate of drug-likeness (QED) is 0.601. The van der Waals surface area contributed by atoms with Crippen molar-refractivity contribution in [3.63, 3.8) is 0 Å². The van der Waals surface area contributed by atoms with Crippen molar-refractivity contribution in [2.75, 3.05) is 26.9 Å². The van der Waals surface area contributed by atoms with Crippen molar-refractivity contribution < 1.29 is 28.6 Å². The van der Waals surface area contributed by atoms with Gasteiger partial charge in [-0.1, -0.05) is 6.07 Å². The average molecular weight is 410 g/mol. The third-order valence-electron chi connectivity index (χ3n) is 5.31. The van der Waals surface area contributed by atoms with Crippen LogP contribution in [0.3, 0.4) is 0 Å². The Balaban J connectivity index is 1.55. The summed E-state index contributed by atoms with van der Waals surface area (Å²) in [5, 5.41) is 2.71. The number of fused-ring (bicyclic) bond motifs is 1. The molecule has 4 rings (SSSR count). The first-order valence-electron chi connectivity index (χ1n) is 9.64. The van der Waals surface area contributed by atoms with Gasteiger partial charge in [-0.2, -0.15) is 0 Å². The standard InChI is InChI=1S/C22H22N2O6/c1-22(15-6-9-18-19(12-15)30-11-3-10-29-18)20(26)24(21(27)23-22)13-17(25)14-4-7-16(28-2)8-5-14/h4-9,12H,3,10-11,13H2,1-2H3,(H,23,27)/t22-/m1/s1. The van der Waals surface area contributed by atoms with Crippen LogP contribution in [0.2, 0.25) is 0 Å². The summed E-state index contributed by atoms with van der Waals surface area (Å²) in [4.78, 5) is 39.2. The fraction of sp³-hybridized carbons (Fsp3) is 0.318. The molecule has 3 amide bonds. The van der Waals surface area contributed by atoms with E-state index in [1.165, 1.54) is 7.11 Å². The lowest BCUT2D eigenvalue weighted by Gasteiger charge is -2.23. The van der Waals surface area contributed by atoms with Crippen LogP contribution < -0.4 is 19.5 Å². The van der Waals surface area contributed by atoms with Crippen LogP contribution >= 0.6 is 0 Å². The van der Waals surface area contributed by atoms with Crippen LogP contribution in [0.5, 0.6) is 17.2 Å². The van der Waals surface area contributed by atoms with E-state index >= 15 is 0 Å². The minimum absolute atomic E-state index is 0.343. The lowest BCUT2D eigenvalue weighted by molar-refractivity contribution is -0.130. The summed E-state index contributed by atoms with van der Waals surface area (Å²) in [5.74, 6) is 0.903. The maximum Gasteiger partial charge on any atom is 0.325 e. The fourth-order valence-corrected chi connectivity index (χ4v) is 3.52. The minimum Gasteiger partial charge on any atom is -0.497 e. The predicted octanol–water partition coefficient (Wildman–Crippen LogP) is 2.51. The number of nitrogens with one attached hydrogen (secondary N) is 1. The van der Waals surface area contributed by atoms with Gasteiger partial charge in [-0.25, -0.2) is 4.79 Å². The monoisotopic (exact) mass is 410 g/mol. The second-order valence-electron chi connectivity index (χ2n) is 7.31. The molecule has 1 N–H and O–H groups in total. The number of carbonyl (C=O) groups excluding carboxylic acids is 3. The first-order valence-corrected chi connectivity index (χ1v) is 9.64. The minimum atomic E-state index is -1.30. The normalized spacial score (nSPS) is 20.5. The number of hydrogen-bond acceptors (Lipinski definition) is 6. The van der Waals surface area contributed by atoms with Crippen LogP contribution in [0.4, 0.5) is 4.79 Å². The van der Waals surface area contributed by atoms with Crippen molar-refractivity contribution in [3.8, 4) is 17.2 Å². The average Bonchev–Trinajstić information content (AvgIpc) is 2.93. The first kappa shape index (κ1) is 19.8. The zero-order valence-corrected chi connectivity index (χ0v) is 16.8. The maximum absolute atomic E-state index is 13.1. The van der Waals surface area contributed by atoms with E-state index in [2.05, 4.69) is 5.32 Å². The molecular weight excluding hydrogens is 388 g/mol. The van der Waals surface area contributed by atoms with Gasteiger partial charge in [0, 0.05) is 12.0 Å². The highest BCUT2D eigenvalue weighted by molar-refractivity contribution is 6.11. The number of rotatable bonds is 5. The van der Waals surface area contributed by atoms with Gasteiger partial charge in [0.05, 0.1) is 26.9 Å². The van der Waals surface area contributed by atoms with Crippen LogP contribution in [0.1, 0.15) is 29.3 Å². The summed E-state index contributed by atoms with van der Waals surface area (Å²) in [6, 6.07) is 11.0. The molecule has 1 atom stereocenters. The lowest BCUT2D eigenvalue weighted by atomic mass is 9.91. The summed E-state index contributed by atoms with van der Waals surface area (Å²) in [6.07, 6.45) is 0.762. The van der Waals surface area contributed by atoms with E-state index in [9.17, 15) is 14.4 Å². The highest BCUT2D eigenvalue weighted by Gasteiger charge is 2.49. The Labute approximate surface area is 173 Å². The van der Waals surface area contributed by atoms with E-state index in [1.54, 1.807) is 49.4 Å². The Hall–Kier alpha value is -3.55. The molecular formula is C22H22N2O6. The molecule has 0 aliphatic carbocycles. The number of hydrogen-bond donors (Lipinski definition) is 1. The molecule has 2 aliphatic rings. The number of ether oxygens (including phenoxy) is 3. The molecule has 2 aliphatic heterocycles. The second-order valence-corrected chi connectivity index (χ2v) is 7.31. The van der Waals surface area contributed by atoms with Crippen molar-refractivity contribution in [3.05, 3.63) is 53.6 Å². The van der Waals surface area contributed by atoms with Gasteiger partial charge in [0.25, 0.3) is 5.91 Å². The van der Waals surface area contributed by atoms with E-state index in [0.717, 1.165) is 11.3 Å². The van der Waals surface area contributed by atoms with Crippen molar-refractivity contribution in [1.29, 1.82) is 0 Å². The van der Waals surface area contributed by atoms with Gasteiger partial charge >= 0.3 is 6.03 Å². The highest BCUT2D eigenvalue weighted by atomic mass is 16.5. The molecule has 30 heavy (non-hydrogen) atoms. The van der Waals surface area contributed by atoms with E-state index in [1.807, 2.05) is 0 Å². The lowest BCUT2D eigenvalue weighted by Crippen LogP contribution is -2.41. The number of urea groups is 1. The topological polar surface area (TPSA) is 94.2 Å². The van der Waals surface area contributed by atoms with E-state index in [0.29, 0.717) is 41.6 Å². The number of carbonyl (C=O) groups is 3. The summed E-state index contributed by atoms with van der Waals surface area (Å²) in [5.41, 5.74) is -0.354. The first-order chi connectivity index (χ1) is 14.4. The Morgan fingerprint density at radius 2 is 1.80 bits per heavy atom. The molecule has 0 radical (unpaired) electrons. The van der Waals surface area contributed by atoms with Crippen LogP contribution in [0.25, 0.3) is 0 Å². The van der Waals surface area contributed by atoms with Gasteiger partial charge in [0.2, 0.25) is 0 Å². The van der Waals surface area contributed by atoms with Gasteiger partial charge in [0.1, 0.15) is 11.3 Å². The number of ketones is 1. The number of methoxy groups -OCH3 is 1. The van der Waals surface area contributed by atoms with Crippen molar-refractivity contribution in [1.82, 2.24) is 10.2 Å². The number of amides is 3. The molecule has 156 valence electrons. The molecule has 0 bridgehead atoms. The number of Topliss-reactive ketones (excluding diaryl/α,β-unsaturated/α-hetero) is 1. The summed E-state index contributed by atoms with van der Waals surface area (Å²) in [6.45, 7) is 2.33. The molecule has 1 saturated heterocycles. The van der Waals surface area contributed by atoms with Crippen LogP contribution in [-0.2, 0) is 10.3 Å². The Morgan fingerprint density at radius 1 is 1.10 bits per heavy atom. The predicted molar refractivity (Wildman–Crippen MR) is 107 cm³/mol. The summed E-state index contributed by atoms with van der Waals surface area (Å²) >= 11 is 0. The number of nitrogens with zero attached hydrogens (tertiary/aromatic N) is 1. The molecule has 0 aromatic heterocycles. The largest absolute Gasteiger partial charge is 0.497 e. The molecule has 2 aromatic carbocycles. The van der Waals surface area contributed by atoms with Gasteiger partial charge in [-0.15, -0.1) is 0 Å². The van der Waals surface area contributed by atoms with Gasteiger partial charge in [0.15, 0.2) is 17.3 Å². The van der Waals surface area contributed by atoms with Crippen LogP contribution in [0, 0.1) is 0 Å². The smallest absolute Gasteiger partial charge is 0.325 e. The molecule has 0 saturated carbocycles. The zero-order chi connectivity index (χ0) is 21.3. The van der Waals surface area contributed by atoms with Gasteiger partial charge in [-0.3, -0.25) is 14.5 Å². The van der Waals surface area contributed by atoms with Gasteiger partial charge < -0.3 is 19.5 Å². The van der Waals surface area contributed by atoms with E-state index in [-0.39, 0.29) is 12.3 Å². The van der Waals surface area contributed by atoms with Crippen molar-refractivity contribution >= 4 is 17.7 Å². The van der Waals surface area contributed by atoms with E-state index < -0.39 is 17.5 Å². The van der Waals surface area contributed by atoms with Crippen LogP contribution in [0.15, 0.2) is 42.5 Å². The number of imide groups is 1. The fourth-order valence-electron chi connectivity index (χ4n) is 3.52. The third-order valence-corrected chi connectivity index (χ3v) is 5.31. The van der Waals surface area contributed by atoms with E-state index in [4.69, 9.17) is 14.2 Å². The maximum atomic E-state index is 13.1. The molecule has 0 unspecified atom stereocenters. The third kappa shape index (κ3) is 3.45. The molecule has 8 heteroatoms. The second kappa shape index (κ2) is 7.70.